The molecule has 0 aliphatic carbocycles. The summed E-state index contributed by atoms with van der Waals surface area (Å²) in [5.41, 5.74) is 11.4. The zero-order chi connectivity index (χ0) is 13.8. The Kier molecular flexibility index (Phi) is 3.87. The van der Waals surface area contributed by atoms with Gasteiger partial charge >= 0.3 is 0 Å². The molecule has 2 amide bonds. The van der Waals surface area contributed by atoms with Gasteiger partial charge in [0.1, 0.15) is 0 Å². The molecule has 2 aromatic carbocycles. The topological polar surface area (TPSA) is 86.2 Å². The van der Waals surface area contributed by atoms with Crippen molar-refractivity contribution in [3.05, 3.63) is 59.7 Å². The highest BCUT2D eigenvalue weighted by atomic mass is 32.2. The lowest BCUT2D eigenvalue weighted by Gasteiger charge is -2.06. The second-order valence-electron chi connectivity index (χ2n) is 3.85. The third-order valence-corrected chi connectivity index (χ3v) is 3.60. The monoisotopic (exact) mass is 272 g/mol. The van der Waals surface area contributed by atoms with Crippen molar-refractivity contribution in [3.63, 3.8) is 0 Å². The van der Waals surface area contributed by atoms with E-state index in [1.54, 1.807) is 36.4 Å². The van der Waals surface area contributed by atoms with Gasteiger partial charge in [-0.05, 0) is 36.4 Å². The van der Waals surface area contributed by atoms with Crippen molar-refractivity contribution < 1.29 is 9.59 Å². The molecule has 0 radical (unpaired) electrons. The molecule has 0 heterocycles. The molecular weight excluding hydrogens is 260 g/mol. The number of amides is 2. The molecule has 0 aliphatic rings. The lowest BCUT2D eigenvalue weighted by atomic mass is 10.2. The van der Waals surface area contributed by atoms with Crippen LogP contribution in [0.4, 0.5) is 0 Å². The third kappa shape index (κ3) is 3.14. The average molecular weight is 272 g/mol. The Morgan fingerprint density at radius 1 is 0.842 bits per heavy atom. The molecule has 0 unspecified atom stereocenters. The Labute approximate surface area is 114 Å². The van der Waals surface area contributed by atoms with E-state index in [2.05, 4.69) is 0 Å². The number of benzene rings is 2. The van der Waals surface area contributed by atoms with Gasteiger partial charge in [0.05, 0.1) is 5.56 Å². The normalized spacial score (nSPS) is 10.1. The van der Waals surface area contributed by atoms with Gasteiger partial charge in [-0.2, -0.15) is 0 Å². The van der Waals surface area contributed by atoms with Crippen molar-refractivity contribution in [1.29, 1.82) is 0 Å². The van der Waals surface area contributed by atoms with E-state index in [0.717, 1.165) is 9.79 Å². The molecule has 0 spiro atoms. The smallest absolute Gasteiger partial charge is 0.249 e. The van der Waals surface area contributed by atoms with Crippen LogP contribution in [0.1, 0.15) is 20.7 Å². The fraction of sp³-hybridized carbons (Fsp3) is 0. The van der Waals surface area contributed by atoms with E-state index in [1.165, 1.54) is 11.8 Å². The van der Waals surface area contributed by atoms with Crippen LogP contribution in [-0.2, 0) is 0 Å². The second-order valence-corrected chi connectivity index (χ2v) is 4.97. The zero-order valence-electron chi connectivity index (χ0n) is 10.00. The summed E-state index contributed by atoms with van der Waals surface area (Å²) in [6.07, 6.45) is 0. The van der Waals surface area contributed by atoms with E-state index in [9.17, 15) is 9.59 Å². The fourth-order valence-electron chi connectivity index (χ4n) is 1.57. The van der Waals surface area contributed by atoms with Gasteiger partial charge in [-0.25, -0.2) is 0 Å². The van der Waals surface area contributed by atoms with Crippen LogP contribution in [-0.4, -0.2) is 11.8 Å². The van der Waals surface area contributed by atoms with Crippen molar-refractivity contribution in [1.82, 2.24) is 0 Å². The van der Waals surface area contributed by atoms with Crippen LogP contribution in [0.15, 0.2) is 58.3 Å². The second kappa shape index (κ2) is 5.58. The van der Waals surface area contributed by atoms with E-state index in [0.29, 0.717) is 11.1 Å². The van der Waals surface area contributed by atoms with Gasteiger partial charge in [-0.3, -0.25) is 9.59 Å². The number of primary amides is 2. The number of carbonyl (C=O) groups is 2. The molecule has 4 nitrogen and oxygen atoms in total. The van der Waals surface area contributed by atoms with Gasteiger partial charge in [-0.15, -0.1) is 0 Å². The maximum absolute atomic E-state index is 11.3. The number of hydrogen-bond donors (Lipinski definition) is 2. The number of rotatable bonds is 4. The quantitative estimate of drug-likeness (QED) is 0.893. The summed E-state index contributed by atoms with van der Waals surface area (Å²) in [6, 6.07) is 14.0. The maximum atomic E-state index is 11.3. The van der Waals surface area contributed by atoms with Crippen molar-refractivity contribution in [2.45, 2.75) is 9.79 Å². The number of carbonyl (C=O) groups excluding carboxylic acids is 2. The summed E-state index contributed by atoms with van der Waals surface area (Å²) in [5.74, 6) is -0.925. The minimum atomic E-state index is -0.464. The van der Waals surface area contributed by atoms with E-state index >= 15 is 0 Å². The average Bonchev–Trinajstić information content (AvgIpc) is 2.39. The Balaban J connectivity index is 2.26. The Morgan fingerprint density at radius 3 is 2.05 bits per heavy atom. The summed E-state index contributed by atoms with van der Waals surface area (Å²) < 4.78 is 0. The largest absolute Gasteiger partial charge is 0.366 e. The molecule has 0 atom stereocenters. The predicted octanol–water partition coefficient (Wildman–Crippen LogP) is 2.04. The van der Waals surface area contributed by atoms with Crippen LogP contribution < -0.4 is 11.5 Å². The first-order valence-corrected chi connectivity index (χ1v) is 6.36. The maximum Gasteiger partial charge on any atom is 0.249 e. The van der Waals surface area contributed by atoms with Crippen LogP contribution in [0.3, 0.4) is 0 Å². The van der Waals surface area contributed by atoms with E-state index in [-0.39, 0.29) is 0 Å². The van der Waals surface area contributed by atoms with Crippen molar-refractivity contribution in [2.75, 3.05) is 0 Å². The molecule has 0 bridgehead atoms. The first kappa shape index (κ1) is 13.2. The summed E-state index contributed by atoms with van der Waals surface area (Å²) in [5, 5.41) is 0. The molecule has 5 heteroatoms. The van der Waals surface area contributed by atoms with Crippen molar-refractivity contribution >= 4 is 23.6 Å². The van der Waals surface area contributed by atoms with Gasteiger partial charge in [0.25, 0.3) is 0 Å². The molecular formula is C14H12N2O2S. The molecule has 0 saturated carbocycles. The van der Waals surface area contributed by atoms with Crippen molar-refractivity contribution in [2.24, 2.45) is 11.5 Å². The van der Waals surface area contributed by atoms with Crippen LogP contribution in [0.25, 0.3) is 0 Å². The van der Waals surface area contributed by atoms with E-state index in [1.807, 2.05) is 12.1 Å². The van der Waals surface area contributed by atoms with Gasteiger partial charge < -0.3 is 11.5 Å². The molecule has 4 N–H and O–H groups in total. The van der Waals surface area contributed by atoms with Crippen LogP contribution in [0, 0.1) is 0 Å². The highest BCUT2D eigenvalue weighted by Crippen LogP contribution is 2.30. The lowest BCUT2D eigenvalue weighted by Crippen LogP contribution is -2.12. The minimum Gasteiger partial charge on any atom is -0.366 e. The zero-order valence-corrected chi connectivity index (χ0v) is 10.8. The first-order chi connectivity index (χ1) is 9.08. The van der Waals surface area contributed by atoms with E-state index < -0.39 is 11.8 Å². The molecule has 0 saturated heterocycles. The Bertz CT molecular complexity index is 624. The summed E-state index contributed by atoms with van der Waals surface area (Å²) in [7, 11) is 0. The van der Waals surface area contributed by atoms with Gasteiger partial charge in [0, 0.05) is 15.4 Å². The van der Waals surface area contributed by atoms with Gasteiger partial charge in [0.2, 0.25) is 11.8 Å². The first-order valence-electron chi connectivity index (χ1n) is 5.54. The number of nitrogens with two attached hydrogens (primary N) is 2. The molecule has 2 aromatic rings. The van der Waals surface area contributed by atoms with Gasteiger partial charge in [-0.1, -0.05) is 23.9 Å². The molecule has 96 valence electrons. The third-order valence-electron chi connectivity index (χ3n) is 2.52. The Hall–Kier alpha value is -2.27. The minimum absolute atomic E-state index is 0.451. The highest BCUT2D eigenvalue weighted by Gasteiger charge is 2.08. The van der Waals surface area contributed by atoms with Crippen molar-refractivity contribution in [3.8, 4) is 0 Å². The standard InChI is InChI=1S/C14H12N2O2S/c15-13(17)9-5-7-10(8-6-9)19-12-4-2-1-3-11(12)14(16)18/h1-8H,(H2,15,17)(H2,16,18). The summed E-state index contributed by atoms with van der Waals surface area (Å²) >= 11 is 1.41. The molecule has 0 aliphatic heterocycles. The van der Waals surface area contributed by atoms with Crippen LogP contribution in [0.2, 0.25) is 0 Å². The summed E-state index contributed by atoms with van der Waals surface area (Å²) in [4.78, 5) is 24.0. The van der Waals surface area contributed by atoms with Crippen LogP contribution >= 0.6 is 11.8 Å². The molecule has 0 aromatic heterocycles. The molecule has 0 fully saturated rings. The Morgan fingerprint density at radius 2 is 1.47 bits per heavy atom. The highest BCUT2D eigenvalue weighted by molar-refractivity contribution is 7.99. The molecule has 19 heavy (non-hydrogen) atoms. The predicted molar refractivity (Wildman–Crippen MR) is 74.0 cm³/mol. The van der Waals surface area contributed by atoms with E-state index in [4.69, 9.17) is 11.5 Å². The lowest BCUT2D eigenvalue weighted by molar-refractivity contribution is 0.0990. The summed E-state index contributed by atoms with van der Waals surface area (Å²) in [6.45, 7) is 0. The SMILES string of the molecule is NC(=O)c1ccc(Sc2ccccc2C(N)=O)cc1. The molecule has 2 rings (SSSR count). The fourth-order valence-corrected chi connectivity index (χ4v) is 2.52. The van der Waals surface area contributed by atoms with Gasteiger partial charge in [0.15, 0.2) is 0 Å². The van der Waals surface area contributed by atoms with Crippen LogP contribution in [0.5, 0.6) is 0 Å². The number of hydrogen-bond acceptors (Lipinski definition) is 3.